The van der Waals surface area contributed by atoms with Gasteiger partial charge in [0.25, 0.3) is 5.91 Å². The number of likely N-dealkylation sites (tertiary alicyclic amines) is 1. The summed E-state index contributed by atoms with van der Waals surface area (Å²) in [5, 5.41) is 9.22. The fraction of sp³-hybridized carbons (Fsp3) is 0.571. The van der Waals surface area contributed by atoms with Crippen molar-refractivity contribution in [2.75, 3.05) is 26.3 Å². The highest BCUT2D eigenvalue weighted by Gasteiger charge is 2.26. The van der Waals surface area contributed by atoms with Gasteiger partial charge in [-0.25, -0.2) is 4.98 Å². The number of hydrogen-bond donors (Lipinski definition) is 1. The van der Waals surface area contributed by atoms with Crippen molar-refractivity contribution >= 4 is 5.91 Å². The van der Waals surface area contributed by atoms with Crippen LogP contribution in [0, 0.1) is 5.92 Å². The molecule has 5 nitrogen and oxygen atoms in total. The quantitative estimate of drug-likeness (QED) is 0.891. The van der Waals surface area contributed by atoms with E-state index in [9.17, 15) is 9.90 Å². The van der Waals surface area contributed by atoms with Crippen molar-refractivity contribution in [1.29, 1.82) is 0 Å². The Balaban J connectivity index is 2.14. The highest BCUT2D eigenvalue weighted by Crippen LogP contribution is 2.21. The van der Waals surface area contributed by atoms with E-state index in [2.05, 4.69) is 4.98 Å². The van der Waals surface area contributed by atoms with Gasteiger partial charge in [0.2, 0.25) is 0 Å². The van der Waals surface area contributed by atoms with Crippen LogP contribution in [0.25, 0.3) is 0 Å². The maximum atomic E-state index is 12.5. The number of carbonyl (C=O) groups is 1. The number of aromatic nitrogens is 1. The van der Waals surface area contributed by atoms with Gasteiger partial charge in [0.05, 0.1) is 6.61 Å². The Bertz CT molecular complexity index is 436. The van der Waals surface area contributed by atoms with Gasteiger partial charge in [-0.3, -0.25) is 4.79 Å². The van der Waals surface area contributed by atoms with Crippen molar-refractivity contribution in [3.8, 4) is 5.75 Å². The van der Waals surface area contributed by atoms with E-state index in [1.54, 1.807) is 23.2 Å². The van der Waals surface area contributed by atoms with E-state index in [1.807, 2.05) is 6.92 Å². The van der Waals surface area contributed by atoms with Crippen molar-refractivity contribution in [1.82, 2.24) is 9.88 Å². The molecule has 1 aromatic rings. The van der Waals surface area contributed by atoms with Crippen LogP contribution in [0.15, 0.2) is 18.3 Å². The minimum atomic E-state index is -0.109. The number of ether oxygens (including phenoxy) is 1. The maximum Gasteiger partial charge on any atom is 0.276 e. The Kier molecular flexibility index (Phi) is 4.74. The molecule has 0 saturated carbocycles. The van der Waals surface area contributed by atoms with Crippen LogP contribution >= 0.6 is 0 Å². The summed E-state index contributed by atoms with van der Waals surface area (Å²) in [4.78, 5) is 18.4. The topological polar surface area (TPSA) is 62.7 Å². The average Bonchev–Trinajstić information content (AvgIpc) is 2.47. The fourth-order valence-electron chi connectivity index (χ4n) is 2.37. The first-order valence-corrected chi connectivity index (χ1v) is 6.74. The normalized spacial score (nSPS) is 19.3. The predicted molar refractivity (Wildman–Crippen MR) is 71.1 cm³/mol. The third-order valence-electron chi connectivity index (χ3n) is 3.34. The van der Waals surface area contributed by atoms with Crippen LogP contribution in [0.5, 0.6) is 5.75 Å². The van der Waals surface area contributed by atoms with Crippen LogP contribution in [-0.4, -0.2) is 47.2 Å². The van der Waals surface area contributed by atoms with E-state index >= 15 is 0 Å². The van der Waals surface area contributed by atoms with Gasteiger partial charge in [-0.05, 0) is 37.8 Å². The summed E-state index contributed by atoms with van der Waals surface area (Å²) >= 11 is 0. The number of rotatable bonds is 4. The van der Waals surface area contributed by atoms with E-state index in [4.69, 9.17) is 4.74 Å². The van der Waals surface area contributed by atoms with Gasteiger partial charge < -0.3 is 14.7 Å². The predicted octanol–water partition coefficient (Wildman–Crippen LogP) is 1.32. The largest absolute Gasteiger partial charge is 0.491 e. The molecule has 2 heterocycles. The van der Waals surface area contributed by atoms with Gasteiger partial charge in [-0.2, -0.15) is 0 Å². The lowest BCUT2D eigenvalue weighted by atomic mass is 9.99. The third kappa shape index (κ3) is 3.23. The van der Waals surface area contributed by atoms with Gasteiger partial charge in [-0.1, -0.05) is 0 Å². The monoisotopic (exact) mass is 264 g/mol. The van der Waals surface area contributed by atoms with Crippen molar-refractivity contribution < 1.29 is 14.6 Å². The first kappa shape index (κ1) is 13.8. The van der Waals surface area contributed by atoms with E-state index in [0.29, 0.717) is 24.6 Å². The van der Waals surface area contributed by atoms with Gasteiger partial charge in [0, 0.05) is 25.9 Å². The van der Waals surface area contributed by atoms with Crippen LogP contribution in [-0.2, 0) is 0 Å². The zero-order valence-electron chi connectivity index (χ0n) is 11.2. The molecule has 0 spiro atoms. The highest BCUT2D eigenvalue weighted by molar-refractivity contribution is 5.95. The molecule has 0 aromatic carbocycles. The zero-order valence-corrected chi connectivity index (χ0v) is 11.2. The van der Waals surface area contributed by atoms with Crippen molar-refractivity contribution in [2.45, 2.75) is 19.8 Å². The van der Waals surface area contributed by atoms with Gasteiger partial charge in [0.1, 0.15) is 0 Å². The number of piperidine rings is 1. The number of amides is 1. The summed E-state index contributed by atoms with van der Waals surface area (Å²) in [5.41, 5.74) is 0.364. The Morgan fingerprint density at radius 3 is 3.21 bits per heavy atom. The number of aliphatic hydroxyl groups excluding tert-OH is 1. The first-order chi connectivity index (χ1) is 9.26. The smallest absolute Gasteiger partial charge is 0.276 e. The number of carbonyl (C=O) groups excluding carboxylic acids is 1. The van der Waals surface area contributed by atoms with Gasteiger partial charge in [-0.15, -0.1) is 0 Å². The van der Waals surface area contributed by atoms with Crippen molar-refractivity contribution in [3.05, 3.63) is 24.0 Å². The molecule has 1 saturated heterocycles. The molecular weight excluding hydrogens is 244 g/mol. The Hall–Kier alpha value is -1.62. The number of nitrogens with zero attached hydrogens (tertiary/aromatic N) is 2. The molecule has 0 aliphatic carbocycles. The van der Waals surface area contributed by atoms with E-state index in [0.717, 1.165) is 19.4 Å². The minimum Gasteiger partial charge on any atom is -0.491 e. The molecule has 1 N–H and O–H groups in total. The molecule has 1 aromatic heterocycles. The van der Waals surface area contributed by atoms with Crippen LogP contribution in [0.2, 0.25) is 0 Å². The Morgan fingerprint density at radius 2 is 2.47 bits per heavy atom. The standard InChI is InChI=1S/C14H20N2O3/c1-2-19-12-6-3-7-15-13(12)14(18)16-8-4-5-11(9-16)10-17/h3,6-7,11,17H,2,4-5,8-10H2,1H3. The lowest BCUT2D eigenvalue weighted by molar-refractivity contribution is 0.0611. The van der Waals surface area contributed by atoms with Crippen LogP contribution in [0.3, 0.4) is 0 Å². The maximum absolute atomic E-state index is 12.5. The highest BCUT2D eigenvalue weighted by atomic mass is 16.5. The lowest BCUT2D eigenvalue weighted by Gasteiger charge is -2.31. The third-order valence-corrected chi connectivity index (χ3v) is 3.34. The second-order valence-electron chi connectivity index (χ2n) is 4.73. The molecule has 19 heavy (non-hydrogen) atoms. The van der Waals surface area contributed by atoms with Crippen LogP contribution in [0.4, 0.5) is 0 Å². The summed E-state index contributed by atoms with van der Waals surface area (Å²) in [5.74, 6) is 0.597. The molecule has 0 bridgehead atoms. The van der Waals surface area contributed by atoms with Crippen LogP contribution in [0.1, 0.15) is 30.3 Å². The molecule has 1 fully saturated rings. The second kappa shape index (κ2) is 6.52. The van der Waals surface area contributed by atoms with Crippen molar-refractivity contribution in [2.24, 2.45) is 5.92 Å². The van der Waals surface area contributed by atoms with E-state index in [-0.39, 0.29) is 18.4 Å². The molecular formula is C14H20N2O3. The first-order valence-electron chi connectivity index (χ1n) is 6.74. The molecule has 1 amide bonds. The molecule has 5 heteroatoms. The van der Waals surface area contributed by atoms with Crippen LogP contribution < -0.4 is 4.74 Å². The molecule has 1 atom stereocenters. The summed E-state index contributed by atoms with van der Waals surface area (Å²) in [6.45, 7) is 3.83. The molecule has 2 rings (SSSR count). The summed E-state index contributed by atoms with van der Waals surface area (Å²) in [7, 11) is 0. The molecule has 1 unspecified atom stereocenters. The molecule has 1 aliphatic heterocycles. The summed E-state index contributed by atoms with van der Waals surface area (Å²) in [6.07, 6.45) is 3.50. The van der Waals surface area contributed by atoms with E-state index in [1.165, 1.54) is 0 Å². The van der Waals surface area contributed by atoms with Gasteiger partial charge in [0.15, 0.2) is 11.4 Å². The zero-order chi connectivity index (χ0) is 13.7. The Morgan fingerprint density at radius 1 is 1.63 bits per heavy atom. The summed E-state index contributed by atoms with van der Waals surface area (Å²) < 4.78 is 5.44. The van der Waals surface area contributed by atoms with E-state index < -0.39 is 0 Å². The SMILES string of the molecule is CCOc1cccnc1C(=O)N1CCCC(CO)C1. The number of aliphatic hydroxyl groups is 1. The van der Waals surface area contributed by atoms with Crippen molar-refractivity contribution in [3.63, 3.8) is 0 Å². The molecule has 104 valence electrons. The summed E-state index contributed by atoms with van der Waals surface area (Å²) in [6, 6.07) is 3.52. The minimum absolute atomic E-state index is 0.109. The Labute approximate surface area is 113 Å². The molecule has 0 radical (unpaired) electrons. The fourth-order valence-corrected chi connectivity index (χ4v) is 2.37. The molecule has 1 aliphatic rings. The second-order valence-corrected chi connectivity index (χ2v) is 4.73. The lowest BCUT2D eigenvalue weighted by Crippen LogP contribution is -2.41. The number of pyridine rings is 1. The average molecular weight is 264 g/mol. The van der Waals surface area contributed by atoms with Gasteiger partial charge >= 0.3 is 0 Å². The number of hydrogen-bond acceptors (Lipinski definition) is 4.